The molecule has 0 aliphatic rings. The number of rotatable bonds is 5. The number of halogens is 2. The van der Waals surface area contributed by atoms with Gasteiger partial charge in [-0.2, -0.15) is 0 Å². The highest BCUT2D eigenvalue weighted by Gasteiger charge is 2.12. The lowest BCUT2D eigenvalue weighted by atomic mass is 9.95. The number of aromatic nitrogens is 1. The summed E-state index contributed by atoms with van der Waals surface area (Å²) in [5.41, 5.74) is 4.26. The van der Waals surface area contributed by atoms with Gasteiger partial charge in [0.1, 0.15) is 0 Å². The van der Waals surface area contributed by atoms with Crippen LogP contribution in [0.25, 0.3) is 0 Å². The van der Waals surface area contributed by atoms with Crippen LogP contribution in [-0.4, -0.2) is 10.9 Å². The van der Waals surface area contributed by atoms with Crippen molar-refractivity contribution >= 4 is 34.5 Å². The van der Waals surface area contributed by atoms with Crippen molar-refractivity contribution < 1.29 is 0 Å². The summed E-state index contributed by atoms with van der Waals surface area (Å²) in [7, 11) is 0. The van der Waals surface area contributed by atoms with Gasteiger partial charge in [0.15, 0.2) is 0 Å². The first kappa shape index (κ1) is 13.9. The first-order chi connectivity index (χ1) is 8.70. The summed E-state index contributed by atoms with van der Waals surface area (Å²) in [5.74, 6) is 0.977. The van der Waals surface area contributed by atoms with Crippen LogP contribution in [0.15, 0.2) is 29.8 Å². The second-order valence-electron chi connectivity index (χ2n) is 4.31. The molecule has 2 aromatic rings. The number of nitrogens with zero attached hydrogens (tertiary/aromatic N) is 1. The standard InChI is InChI=1S/C14H15Cl2NS/c1-10-14(18-9-17-10)6-5-12(8-15)11-3-2-4-13(16)7-11/h2-4,7,9,12H,5-6,8H2,1H3. The van der Waals surface area contributed by atoms with Gasteiger partial charge in [0.25, 0.3) is 0 Å². The Labute approximate surface area is 122 Å². The number of alkyl halides is 1. The third kappa shape index (κ3) is 3.47. The van der Waals surface area contributed by atoms with E-state index in [0.29, 0.717) is 11.8 Å². The minimum atomic E-state index is 0.354. The van der Waals surface area contributed by atoms with Gasteiger partial charge in [-0.05, 0) is 43.4 Å². The monoisotopic (exact) mass is 299 g/mol. The second kappa shape index (κ2) is 6.55. The smallest absolute Gasteiger partial charge is 0.0797 e. The van der Waals surface area contributed by atoms with Gasteiger partial charge in [-0.15, -0.1) is 22.9 Å². The van der Waals surface area contributed by atoms with E-state index in [1.54, 1.807) is 11.3 Å². The maximum Gasteiger partial charge on any atom is 0.0797 e. The van der Waals surface area contributed by atoms with Crippen LogP contribution in [0.2, 0.25) is 5.02 Å². The van der Waals surface area contributed by atoms with Crippen molar-refractivity contribution in [3.05, 3.63) is 50.9 Å². The summed E-state index contributed by atoms with van der Waals surface area (Å²) < 4.78 is 0. The number of hydrogen-bond acceptors (Lipinski definition) is 2. The highest BCUT2D eigenvalue weighted by atomic mass is 35.5. The summed E-state index contributed by atoms with van der Waals surface area (Å²) in [4.78, 5) is 5.63. The highest BCUT2D eigenvalue weighted by Crippen LogP contribution is 2.27. The maximum atomic E-state index is 6.08. The van der Waals surface area contributed by atoms with Gasteiger partial charge < -0.3 is 0 Å². The van der Waals surface area contributed by atoms with E-state index in [2.05, 4.69) is 18.0 Å². The molecule has 0 spiro atoms. The lowest BCUT2D eigenvalue weighted by Gasteiger charge is -2.14. The summed E-state index contributed by atoms with van der Waals surface area (Å²) in [5, 5.41) is 0.775. The average Bonchev–Trinajstić information content (AvgIpc) is 2.76. The number of hydrogen-bond donors (Lipinski definition) is 0. The van der Waals surface area contributed by atoms with E-state index in [9.17, 15) is 0 Å². The van der Waals surface area contributed by atoms with Gasteiger partial charge >= 0.3 is 0 Å². The molecule has 0 radical (unpaired) electrons. The lowest BCUT2D eigenvalue weighted by molar-refractivity contribution is 0.688. The van der Waals surface area contributed by atoms with E-state index < -0.39 is 0 Å². The van der Waals surface area contributed by atoms with Gasteiger partial charge in [-0.3, -0.25) is 0 Å². The predicted octanol–water partition coefficient (Wildman–Crippen LogP) is 5.06. The molecule has 18 heavy (non-hydrogen) atoms. The largest absolute Gasteiger partial charge is 0.250 e. The van der Waals surface area contributed by atoms with Gasteiger partial charge in [0.2, 0.25) is 0 Å². The van der Waals surface area contributed by atoms with Gasteiger partial charge in [-0.1, -0.05) is 23.7 Å². The van der Waals surface area contributed by atoms with Gasteiger partial charge in [0.05, 0.1) is 11.2 Å². The van der Waals surface area contributed by atoms with Crippen LogP contribution in [0.1, 0.15) is 28.5 Å². The molecule has 1 aromatic carbocycles. The summed E-state index contributed by atoms with van der Waals surface area (Å²) in [6, 6.07) is 7.98. The molecular weight excluding hydrogens is 285 g/mol. The molecular formula is C14H15Cl2NS. The fourth-order valence-electron chi connectivity index (χ4n) is 1.96. The molecule has 1 unspecified atom stereocenters. The number of benzene rings is 1. The van der Waals surface area contributed by atoms with Crippen LogP contribution < -0.4 is 0 Å². The average molecular weight is 300 g/mol. The van der Waals surface area contributed by atoms with Crippen molar-refractivity contribution in [3.63, 3.8) is 0 Å². The van der Waals surface area contributed by atoms with Crippen LogP contribution in [0.3, 0.4) is 0 Å². The van der Waals surface area contributed by atoms with E-state index in [0.717, 1.165) is 23.6 Å². The van der Waals surface area contributed by atoms with Crippen molar-refractivity contribution in [1.29, 1.82) is 0 Å². The fourth-order valence-corrected chi connectivity index (χ4v) is 3.29. The molecule has 0 aliphatic heterocycles. The van der Waals surface area contributed by atoms with E-state index in [4.69, 9.17) is 23.2 Å². The highest BCUT2D eigenvalue weighted by molar-refractivity contribution is 7.09. The zero-order valence-electron chi connectivity index (χ0n) is 10.2. The molecule has 4 heteroatoms. The normalized spacial score (nSPS) is 12.6. The van der Waals surface area contributed by atoms with Gasteiger partial charge in [0, 0.05) is 15.8 Å². The molecule has 0 saturated carbocycles. The third-order valence-corrected chi connectivity index (χ3v) is 4.67. The number of thiazole rings is 1. The predicted molar refractivity (Wildman–Crippen MR) is 80.1 cm³/mol. The van der Waals surface area contributed by atoms with Crippen molar-refractivity contribution in [3.8, 4) is 0 Å². The molecule has 1 heterocycles. The molecule has 1 nitrogen and oxygen atoms in total. The Morgan fingerprint density at radius 3 is 2.83 bits per heavy atom. The third-order valence-electron chi connectivity index (χ3n) is 3.07. The Kier molecular flexibility index (Phi) is 5.04. The van der Waals surface area contributed by atoms with E-state index >= 15 is 0 Å². The lowest BCUT2D eigenvalue weighted by Crippen LogP contribution is -2.02. The van der Waals surface area contributed by atoms with Crippen LogP contribution in [0, 0.1) is 6.92 Å². The van der Waals surface area contributed by atoms with Crippen molar-refractivity contribution in [2.45, 2.75) is 25.7 Å². The molecule has 0 bridgehead atoms. The zero-order valence-corrected chi connectivity index (χ0v) is 12.5. The van der Waals surface area contributed by atoms with E-state index in [1.165, 1.54) is 10.4 Å². The van der Waals surface area contributed by atoms with Crippen LogP contribution in [0.4, 0.5) is 0 Å². The van der Waals surface area contributed by atoms with E-state index in [-0.39, 0.29) is 0 Å². The molecule has 96 valence electrons. The topological polar surface area (TPSA) is 12.9 Å². The fraction of sp³-hybridized carbons (Fsp3) is 0.357. The first-order valence-electron chi connectivity index (χ1n) is 5.91. The molecule has 0 amide bonds. The SMILES string of the molecule is Cc1ncsc1CCC(CCl)c1cccc(Cl)c1. The molecule has 0 aliphatic carbocycles. The zero-order chi connectivity index (χ0) is 13.0. The molecule has 1 aromatic heterocycles. The molecule has 2 rings (SSSR count). The van der Waals surface area contributed by atoms with Crippen LogP contribution >= 0.6 is 34.5 Å². The van der Waals surface area contributed by atoms with Crippen molar-refractivity contribution in [2.24, 2.45) is 0 Å². The molecule has 0 fully saturated rings. The minimum absolute atomic E-state index is 0.354. The second-order valence-corrected chi connectivity index (χ2v) is 5.99. The van der Waals surface area contributed by atoms with E-state index in [1.807, 2.05) is 23.7 Å². The van der Waals surface area contributed by atoms with Crippen LogP contribution in [-0.2, 0) is 6.42 Å². The summed E-state index contributed by atoms with van der Waals surface area (Å²) in [6.45, 7) is 2.06. The molecule has 1 atom stereocenters. The molecule has 0 saturated heterocycles. The molecule has 0 N–H and O–H groups in total. The first-order valence-corrected chi connectivity index (χ1v) is 7.70. The quantitative estimate of drug-likeness (QED) is 0.703. The summed E-state index contributed by atoms with van der Waals surface area (Å²) >= 11 is 13.8. The Hall–Kier alpha value is -0.570. The Morgan fingerprint density at radius 2 is 2.22 bits per heavy atom. The Bertz CT molecular complexity index is 510. The number of aryl methyl sites for hydroxylation is 2. The van der Waals surface area contributed by atoms with Crippen LogP contribution in [0.5, 0.6) is 0 Å². The Morgan fingerprint density at radius 1 is 1.39 bits per heavy atom. The van der Waals surface area contributed by atoms with Crippen molar-refractivity contribution in [2.75, 3.05) is 5.88 Å². The Balaban J connectivity index is 2.04. The van der Waals surface area contributed by atoms with Gasteiger partial charge in [-0.25, -0.2) is 4.98 Å². The van der Waals surface area contributed by atoms with Crippen molar-refractivity contribution in [1.82, 2.24) is 4.98 Å². The summed E-state index contributed by atoms with van der Waals surface area (Å²) in [6.07, 6.45) is 2.06. The maximum absolute atomic E-state index is 6.08. The minimum Gasteiger partial charge on any atom is -0.250 e.